The van der Waals surface area contributed by atoms with Crippen molar-refractivity contribution in [1.82, 2.24) is 14.8 Å². The van der Waals surface area contributed by atoms with Gasteiger partial charge in [0.15, 0.2) is 0 Å². The predicted molar refractivity (Wildman–Crippen MR) is 108 cm³/mol. The highest BCUT2D eigenvalue weighted by molar-refractivity contribution is 6.30. The van der Waals surface area contributed by atoms with Crippen molar-refractivity contribution in [1.29, 1.82) is 0 Å². The van der Waals surface area contributed by atoms with Crippen molar-refractivity contribution in [2.45, 2.75) is 12.8 Å². The maximum atomic E-state index is 6.13. The average Bonchev–Trinajstić information content (AvgIpc) is 3.04. The summed E-state index contributed by atoms with van der Waals surface area (Å²) in [4.78, 5) is 4.58. The summed E-state index contributed by atoms with van der Waals surface area (Å²) in [6, 6.07) is 22.3. The van der Waals surface area contributed by atoms with Gasteiger partial charge in [0.05, 0.1) is 11.4 Å². The molecule has 3 heterocycles. The second-order valence-electron chi connectivity index (χ2n) is 6.65. The Morgan fingerprint density at radius 1 is 0.963 bits per heavy atom. The molecule has 0 amide bonds. The summed E-state index contributed by atoms with van der Waals surface area (Å²) < 4.78 is 1.96. The van der Waals surface area contributed by atoms with Crippen LogP contribution < -0.4 is 5.32 Å². The largest absolute Gasteiger partial charge is 0.324 e. The third-order valence-corrected chi connectivity index (χ3v) is 5.24. The third-order valence-electron chi connectivity index (χ3n) is 4.99. The molecule has 2 aromatic carbocycles. The lowest BCUT2D eigenvalue weighted by molar-refractivity contribution is 0.867. The van der Waals surface area contributed by atoms with Crippen LogP contribution >= 0.6 is 11.6 Å². The summed E-state index contributed by atoms with van der Waals surface area (Å²) in [6.07, 6.45) is 1.81. The van der Waals surface area contributed by atoms with Gasteiger partial charge in [0.1, 0.15) is 11.6 Å². The van der Waals surface area contributed by atoms with Crippen LogP contribution in [-0.2, 0) is 0 Å². The number of anilines is 2. The van der Waals surface area contributed by atoms with Gasteiger partial charge in [0.2, 0.25) is 0 Å². The quantitative estimate of drug-likeness (QED) is 0.447. The lowest BCUT2D eigenvalue weighted by Crippen LogP contribution is -2.16. The number of hydrogen-bond donors (Lipinski definition) is 1. The van der Waals surface area contributed by atoms with Gasteiger partial charge in [-0.15, -0.1) is 0 Å². The van der Waals surface area contributed by atoms with Crippen LogP contribution in [0.15, 0.2) is 72.9 Å². The van der Waals surface area contributed by atoms with Crippen LogP contribution in [-0.4, -0.2) is 14.8 Å². The lowest BCUT2D eigenvalue weighted by Gasteiger charge is -2.27. The first-order valence-electron chi connectivity index (χ1n) is 8.85. The monoisotopic (exact) mass is 372 g/mol. The van der Waals surface area contributed by atoms with Crippen LogP contribution in [0.3, 0.4) is 0 Å². The minimum Gasteiger partial charge on any atom is -0.324 e. The normalized spacial score (nSPS) is 15.0. The molecule has 1 aliphatic heterocycles. The molecule has 4 nitrogen and oxygen atoms in total. The summed E-state index contributed by atoms with van der Waals surface area (Å²) in [7, 11) is 0. The number of aryl methyl sites for hydroxylation is 1. The van der Waals surface area contributed by atoms with Gasteiger partial charge < -0.3 is 5.32 Å². The Bertz CT molecular complexity index is 1120. The second-order valence-corrected chi connectivity index (χ2v) is 7.08. The van der Waals surface area contributed by atoms with E-state index in [4.69, 9.17) is 16.7 Å². The fraction of sp³-hybridized carbons (Fsp3) is 0.0909. The molecular formula is C22H17ClN4. The molecule has 2 aromatic heterocycles. The van der Waals surface area contributed by atoms with Crippen LogP contribution in [0, 0.1) is 6.92 Å². The number of benzene rings is 2. The number of nitrogens with zero attached hydrogens (tertiary/aromatic N) is 3. The van der Waals surface area contributed by atoms with Gasteiger partial charge in [-0.05, 0) is 42.8 Å². The SMILES string of the molecule is Cc1nn(-c2ccccc2)c2c1C(c1ccc(Cl)cc1)c1cccnc1N2. The topological polar surface area (TPSA) is 42.7 Å². The highest BCUT2D eigenvalue weighted by Gasteiger charge is 2.33. The van der Waals surface area contributed by atoms with E-state index in [1.807, 2.05) is 47.3 Å². The zero-order chi connectivity index (χ0) is 18.4. The van der Waals surface area contributed by atoms with E-state index in [1.165, 1.54) is 11.1 Å². The first-order valence-corrected chi connectivity index (χ1v) is 9.22. The first kappa shape index (κ1) is 16.1. The van der Waals surface area contributed by atoms with Crippen molar-refractivity contribution < 1.29 is 0 Å². The Morgan fingerprint density at radius 2 is 1.74 bits per heavy atom. The summed E-state index contributed by atoms with van der Waals surface area (Å²) in [5, 5.41) is 9.07. The van der Waals surface area contributed by atoms with E-state index in [-0.39, 0.29) is 5.92 Å². The maximum Gasteiger partial charge on any atom is 0.139 e. The standard InChI is InChI=1S/C22H17ClN4/c1-14-19-20(15-9-11-16(23)12-10-15)18-8-5-13-24-21(18)25-22(19)27(26-14)17-6-3-2-4-7-17/h2-13,20H,1H3,(H,24,25). The number of halogens is 1. The van der Waals surface area contributed by atoms with Crippen LogP contribution in [0.25, 0.3) is 5.69 Å². The molecule has 132 valence electrons. The van der Waals surface area contributed by atoms with Crippen LogP contribution in [0.4, 0.5) is 11.6 Å². The molecule has 0 aliphatic carbocycles. The Morgan fingerprint density at radius 3 is 2.52 bits per heavy atom. The minimum absolute atomic E-state index is 0.0553. The van der Waals surface area contributed by atoms with Gasteiger partial charge in [-0.25, -0.2) is 9.67 Å². The van der Waals surface area contributed by atoms with Crippen molar-refractivity contribution in [3.05, 3.63) is 100 Å². The Hall–Kier alpha value is -3.11. The zero-order valence-electron chi connectivity index (χ0n) is 14.7. The molecule has 0 spiro atoms. The van der Waals surface area contributed by atoms with E-state index < -0.39 is 0 Å². The number of para-hydroxylation sites is 1. The molecule has 0 fully saturated rings. The minimum atomic E-state index is 0.0553. The van der Waals surface area contributed by atoms with Crippen LogP contribution in [0.1, 0.15) is 28.3 Å². The smallest absolute Gasteiger partial charge is 0.139 e. The molecule has 0 radical (unpaired) electrons. The number of pyridine rings is 1. The van der Waals surface area contributed by atoms with E-state index >= 15 is 0 Å². The van der Waals surface area contributed by atoms with Crippen molar-refractivity contribution in [3.63, 3.8) is 0 Å². The highest BCUT2D eigenvalue weighted by Crippen LogP contribution is 2.46. The number of fused-ring (bicyclic) bond motifs is 2. The van der Waals surface area contributed by atoms with Crippen molar-refractivity contribution in [2.24, 2.45) is 0 Å². The Balaban J connectivity index is 1.76. The van der Waals surface area contributed by atoms with Crippen molar-refractivity contribution >= 4 is 23.2 Å². The second kappa shape index (κ2) is 6.25. The summed E-state index contributed by atoms with van der Waals surface area (Å²) in [6.45, 7) is 2.06. The average molecular weight is 373 g/mol. The Kier molecular flexibility index (Phi) is 3.73. The molecule has 1 aliphatic rings. The van der Waals surface area contributed by atoms with Crippen molar-refractivity contribution in [2.75, 3.05) is 5.32 Å². The molecule has 1 unspecified atom stereocenters. The van der Waals surface area contributed by atoms with E-state index in [9.17, 15) is 0 Å². The summed E-state index contributed by atoms with van der Waals surface area (Å²) in [5.74, 6) is 1.88. The van der Waals surface area contributed by atoms with Gasteiger partial charge in [-0.1, -0.05) is 48.0 Å². The molecule has 5 rings (SSSR count). The van der Waals surface area contributed by atoms with Crippen LogP contribution in [0.5, 0.6) is 0 Å². The van der Waals surface area contributed by atoms with Crippen LogP contribution in [0.2, 0.25) is 5.02 Å². The fourth-order valence-corrected chi connectivity index (χ4v) is 3.91. The molecule has 0 bridgehead atoms. The number of aromatic nitrogens is 3. The van der Waals surface area contributed by atoms with Crippen molar-refractivity contribution in [3.8, 4) is 5.69 Å². The molecular weight excluding hydrogens is 356 g/mol. The number of hydrogen-bond acceptors (Lipinski definition) is 3. The molecule has 5 heteroatoms. The Labute approximate surface area is 162 Å². The zero-order valence-corrected chi connectivity index (χ0v) is 15.5. The van der Waals surface area contributed by atoms with E-state index in [1.54, 1.807) is 0 Å². The van der Waals surface area contributed by atoms with E-state index in [0.717, 1.165) is 33.6 Å². The molecule has 0 saturated heterocycles. The van der Waals surface area contributed by atoms with Gasteiger partial charge in [0.25, 0.3) is 0 Å². The van der Waals surface area contributed by atoms with E-state index in [2.05, 4.69) is 47.6 Å². The van der Waals surface area contributed by atoms with Gasteiger partial charge in [-0.3, -0.25) is 0 Å². The summed E-state index contributed by atoms with van der Waals surface area (Å²) >= 11 is 6.13. The first-order chi connectivity index (χ1) is 13.2. The third kappa shape index (κ3) is 2.61. The molecule has 4 aromatic rings. The molecule has 0 saturated carbocycles. The predicted octanol–water partition coefficient (Wildman–Crippen LogP) is 5.47. The number of rotatable bonds is 2. The molecule has 1 N–H and O–H groups in total. The maximum absolute atomic E-state index is 6.13. The fourth-order valence-electron chi connectivity index (χ4n) is 3.79. The van der Waals surface area contributed by atoms with Gasteiger partial charge in [0, 0.05) is 28.3 Å². The van der Waals surface area contributed by atoms with Gasteiger partial charge >= 0.3 is 0 Å². The van der Waals surface area contributed by atoms with E-state index in [0.29, 0.717) is 0 Å². The summed E-state index contributed by atoms with van der Waals surface area (Å²) in [5.41, 5.74) is 5.50. The molecule has 27 heavy (non-hydrogen) atoms. The van der Waals surface area contributed by atoms with Gasteiger partial charge in [-0.2, -0.15) is 5.10 Å². The highest BCUT2D eigenvalue weighted by atomic mass is 35.5. The number of nitrogens with one attached hydrogen (secondary N) is 1. The molecule has 1 atom stereocenters. The lowest BCUT2D eigenvalue weighted by atomic mass is 9.83.